The van der Waals surface area contributed by atoms with Gasteiger partial charge in [0.25, 0.3) is 0 Å². The fourth-order valence-corrected chi connectivity index (χ4v) is 3.39. The van der Waals surface area contributed by atoms with E-state index in [1.54, 1.807) is 17.0 Å². The molecule has 3 rings (SSSR count). The van der Waals surface area contributed by atoms with Crippen LogP contribution in [0.4, 0.5) is 0 Å². The molecule has 5 nitrogen and oxygen atoms in total. The molecule has 114 valence electrons. The monoisotopic (exact) mass is 316 g/mol. The predicted octanol–water partition coefficient (Wildman–Crippen LogP) is 2.28. The Balaban J connectivity index is 1.75. The Morgan fingerprint density at radius 1 is 1.41 bits per heavy atom. The molecule has 22 heavy (non-hydrogen) atoms. The predicted molar refractivity (Wildman–Crippen MR) is 83.1 cm³/mol. The van der Waals surface area contributed by atoms with Crippen molar-refractivity contribution in [3.63, 3.8) is 0 Å². The molecule has 1 aromatic carbocycles. The number of carbonyl (C=O) groups excluding carboxylic acids is 1. The van der Waals surface area contributed by atoms with Gasteiger partial charge in [0.2, 0.25) is 5.91 Å². The third kappa shape index (κ3) is 2.87. The molecular weight excluding hydrogens is 300 g/mol. The first-order chi connectivity index (χ1) is 10.5. The van der Waals surface area contributed by atoms with Gasteiger partial charge in [-0.15, -0.1) is 11.3 Å². The van der Waals surface area contributed by atoms with E-state index in [0.717, 1.165) is 21.8 Å². The number of rotatable bonds is 3. The summed E-state index contributed by atoms with van der Waals surface area (Å²) in [6.07, 6.45) is 0.887. The van der Waals surface area contributed by atoms with Crippen LogP contribution in [0.2, 0.25) is 0 Å². The summed E-state index contributed by atoms with van der Waals surface area (Å²) in [6.45, 7) is 2.95. The minimum Gasteiger partial charge on any atom is -0.478 e. The minimum absolute atomic E-state index is 0.0386. The van der Waals surface area contributed by atoms with Crippen molar-refractivity contribution in [1.29, 1.82) is 0 Å². The average Bonchev–Trinajstić information content (AvgIpc) is 2.91. The van der Waals surface area contributed by atoms with Gasteiger partial charge < -0.3 is 10.0 Å². The number of hydrogen-bond donors (Lipinski definition) is 1. The highest BCUT2D eigenvalue weighted by molar-refractivity contribution is 7.09. The number of thiazole rings is 1. The fraction of sp³-hybridized carbons (Fsp3) is 0.312. The zero-order chi connectivity index (χ0) is 15.7. The molecule has 0 radical (unpaired) electrons. The number of fused-ring (bicyclic) bond motifs is 1. The smallest absolute Gasteiger partial charge is 0.335 e. The second-order valence-electron chi connectivity index (χ2n) is 5.35. The molecule has 6 heteroatoms. The van der Waals surface area contributed by atoms with Crippen molar-refractivity contribution < 1.29 is 14.7 Å². The van der Waals surface area contributed by atoms with Gasteiger partial charge in [-0.25, -0.2) is 9.78 Å². The highest BCUT2D eigenvalue weighted by atomic mass is 32.1. The van der Waals surface area contributed by atoms with Gasteiger partial charge >= 0.3 is 5.97 Å². The zero-order valence-electron chi connectivity index (χ0n) is 12.2. The summed E-state index contributed by atoms with van der Waals surface area (Å²) in [7, 11) is 0. The Morgan fingerprint density at radius 3 is 2.91 bits per heavy atom. The van der Waals surface area contributed by atoms with E-state index in [9.17, 15) is 14.7 Å². The van der Waals surface area contributed by atoms with Crippen LogP contribution in [0.25, 0.3) is 0 Å². The Labute approximate surface area is 132 Å². The van der Waals surface area contributed by atoms with E-state index in [1.807, 2.05) is 18.4 Å². The maximum atomic E-state index is 12.4. The van der Waals surface area contributed by atoms with E-state index in [0.29, 0.717) is 31.5 Å². The van der Waals surface area contributed by atoms with Crippen LogP contribution in [0.15, 0.2) is 23.6 Å². The molecule has 0 atom stereocenters. The summed E-state index contributed by atoms with van der Waals surface area (Å²) < 4.78 is 0. The first-order valence-corrected chi connectivity index (χ1v) is 7.95. The topological polar surface area (TPSA) is 70.5 Å². The number of aryl methyl sites for hydroxylation is 1. The van der Waals surface area contributed by atoms with E-state index >= 15 is 0 Å². The lowest BCUT2D eigenvalue weighted by Gasteiger charge is -2.29. The van der Waals surface area contributed by atoms with E-state index in [-0.39, 0.29) is 5.91 Å². The summed E-state index contributed by atoms with van der Waals surface area (Å²) in [5.74, 6) is -0.869. The third-order valence-corrected chi connectivity index (χ3v) is 4.67. The Kier molecular flexibility index (Phi) is 3.94. The first-order valence-electron chi connectivity index (χ1n) is 7.07. The van der Waals surface area contributed by atoms with Crippen molar-refractivity contribution >= 4 is 23.2 Å². The van der Waals surface area contributed by atoms with Crippen LogP contribution >= 0.6 is 11.3 Å². The van der Waals surface area contributed by atoms with Crippen molar-refractivity contribution in [1.82, 2.24) is 9.88 Å². The maximum absolute atomic E-state index is 12.4. The molecule has 0 saturated carbocycles. The highest BCUT2D eigenvalue weighted by Crippen LogP contribution is 2.23. The Bertz CT molecular complexity index is 739. The molecule has 1 amide bonds. The van der Waals surface area contributed by atoms with Crippen LogP contribution in [0, 0.1) is 6.92 Å². The van der Waals surface area contributed by atoms with Crippen LogP contribution in [-0.4, -0.2) is 33.4 Å². The van der Waals surface area contributed by atoms with Gasteiger partial charge in [0, 0.05) is 18.5 Å². The lowest BCUT2D eigenvalue weighted by atomic mass is 9.94. The summed E-state index contributed by atoms with van der Waals surface area (Å²) in [4.78, 5) is 29.7. The van der Waals surface area contributed by atoms with Gasteiger partial charge in [-0.05, 0) is 30.5 Å². The summed E-state index contributed by atoms with van der Waals surface area (Å²) >= 11 is 1.54. The second-order valence-corrected chi connectivity index (χ2v) is 6.41. The molecule has 1 aromatic heterocycles. The number of carbonyl (C=O) groups is 2. The van der Waals surface area contributed by atoms with Gasteiger partial charge in [-0.2, -0.15) is 0 Å². The molecule has 1 aliphatic heterocycles. The van der Waals surface area contributed by atoms with Crippen molar-refractivity contribution in [3.05, 3.63) is 51.0 Å². The largest absolute Gasteiger partial charge is 0.478 e. The average molecular weight is 316 g/mol. The van der Waals surface area contributed by atoms with Crippen LogP contribution in [0.1, 0.15) is 32.2 Å². The lowest BCUT2D eigenvalue weighted by Crippen LogP contribution is -2.37. The molecule has 0 bridgehead atoms. The van der Waals surface area contributed by atoms with Gasteiger partial charge in [0.15, 0.2) is 0 Å². The van der Waals surface area contributed by atoms with Crippen molar-refractivity contribution in [2.24, 2.45) is 0 Å². The van der Waals surface area contributed by atoms with Crippen molar-refractivity contribution in [2.75, 3.05) is 6.54 Å². The third-order valence-electron chi connectivity index (χ3n) is 3.85. The number of aromatic carboxylic acids is 1. The number of benzene rings is 1. The van der Waals surface area contributed by atoms with E-state index in [4.69, 9.17) is 0 Å². The summed E-state index contributed by atoms with van der Waals surface area (Å²) in [5.41, 5.74) is 2.93. The van der Waals surface area contributed by atoms with Crippen molar-refractivity contribution in [3.8, 4) is 0 Å². The highest BCUT2D eigenvalue weighted by Gasteiger charge is 2.24. The minimum atomic E-state index is -0.908. The normalized spacial score (nSPS) is 13.8. The molecule has 0 aliphatic carbocycles. The SMILES string of the molecule is Cc1nc(CC(=O)N2CCc3c(cccc3C(=O)O)C2)cs1. The zero-order valence-corrected chi connectivity index (χ0v) is 13.0. The number of aromatic nitrogens is 1. The molecule has 1 aliphatic rings. The molecular formula is C16H16N2O3S. The number of nitrogens with zero attached hydrogens (tertiary/aromatic N) is 2. The second kappa shape index (κ2) is 5.88. The number of carboxylic acids is 1. The number of amides is 1. The molecule has 0 saturated heterocycles. The maximum Gasteiger partial charge on any atom is 0.335 e. The van der Waals surface area contributed by atoms with Gasteiger partial charge in [0.1, 0.15) is 0 Å². The molecule has 1 N–H and O–H groups in total. The fourth-order valence-electron chi connectivity index (χ4n) is 2.78. The van der Waals surface area contributed by atoms with Crippen molar-refractivity contribution in [2.45, 2.75) is 26.3 Å². The molecule has 0 fully saturated rings. The van der Waals surface area contributed by atoms with E-state index in [2.05, 4.69) is 4.98 Å². The van der Waals surface area contributed by atoms with E-state index in [1.165, 1.54) is 11.3 Å². The first kappa shape index (κ1) is 14.7. The summed E-state index contributed by atoms with van der Waals surface area (Å²) in [6, 6.07) is 5.25. The van der Waals surface area contributed by atoms with Crippen LogP contribution in [0.5, 0.6) is 0 Å². The molecule has 0 spiro atoms. The quantitative estimate of drug-likeness (QED) is 0.943. The molecule has 2 aromatic rings. The van der Waals surface area contributed by atoms with Crippen LogP contribution < -0.4 is 0 Å². The lowest BCUT2D eigenvalue weighted by molar-refractivity contribution is -0.131. The van der Waals surface area contributed by atoms with Gasteiger partial charge in [-0.1, -0.05) is 12.1 Å². The molecule has 0 unspecified atom stereocenters. The van der Waals surface area contributed by atoms with Gasteiger partial charge in [0.05, 0.1) is 22.7 Å². The van der Waals surface area contributed by atoms with Crippen LogP contribution in [-0.2, 0) is 24.2 Å². The molecule has 2 heterocycles. The summed E-state index contributed by atoms with van der Waals surface area (Å²) in [5, 5.41) is 12.1. The number of carboxylic acid groups (broad SMARTS) is 1. The van der Waals surface area contributed by atoms with Crippen LogP contribution in [0.3, 0.4) is 0 Å². The van der Waals surface area contributed by atoms with E-state index < -0.39 is 5.97 Å². The Morgan fingerprint density at radius 2 is 2.23 bits per heavy atom. The Hall–Kier alpha value is -2.21. The number of hydrogen-bond acceptors (Lipinski definition) is 4. The van der Waals surface area contributed by atoms with Gasteiger partial charge in [-0.3, -0.25) is 4.79 Å². The standard InChI is InChI=1S/C16H16N2O3S/c1-10-17-12(9-22-10)7-15(19)18-6-5-13-11(8-18)3-2-4-14(13)16(20)21/h2-4,9H,5-8H2,1H3,(H,20,21).